The van der Waals surface area contributed by atoms with Crippen LogP contribution < -0.4 is 9.47 Å². The second-order valence-corrected chi connectivity index (χ2v) is 11.3. The first kappa shape index (κ1) is 38.2. The van der Waals surface area contributed by atoms with Crippen LogP contribution in [0.25, 0.3) is 45.2 Å². The van der Waals surface area contributed by atoms with E-state index in [1.807, 2.05) is 78.9 Å². The zero-order chi connectivity index (χ0) is 36.2. The summed E-state index contributed by atoms with van der Waals surface area (Å²) in [5.74, 6) is 5.31. The minimum absolute atomic E-state index is 0.428. The van der Waals surface area contributed by atoms with Gasteiger partial charge in [0.25, 0.3) is 0 Å². The maximum atomic E-state index is 5.82. The van der Waals surface area contributed by atoms with E-state index in [1.165, 1.54) is 0 Å². The van der Waals surface area contributed by atoms with Gasteiger partial charge in [-0.3, -0.25) is 0 Å². The molecule has 52 heavy (non-hydrogen) atoms. The van der Waals surface area contributed by atoms with Crippen LogP contribution in [-0.2, 0) is 28.4 Å². The van der Waals surface area contributed by atoms with Crippen molar-refractivity contribution in [1.82, 2.24) is 10.3 Å². The Morgan fingerprint density at radius 3 is 1.25 bits per heavy atom. The Bertz CT molecular complexity index is 1670. The van der Waals surface area contributed by atoms with Gasteiger partial charge < -0.3 is 46.9 Å². The monoisotopic (exact) mass is 712 g/mol. The summed E-state index contributed by atoms with van der Waals surface area (Å²) in [4.78, 5) is 0. The molecule has 5 rings (SSSR count). The molecular weight excluding hydrogens is 668 g/mol. The molecule has 2 heterocycles. The molecule has 274 valence electrons. The Labute approximate surface area is 303 Å². The number of hydrogen-bond acceptors (Lipinski definition) is 12. The summed E-state index contributed by atoms with van der Waals surface area (Å²) in [6, 6.07) is 24.7. The van der Waals surface area contributed by atoms with Gasteiger partial charge in [0.05, 0.1) is 66.1 Å². The molecule has 5 aromatic rings. The number of benzene rings is 3. The molecule has 3 aromatic carbocycles. The van der Waals surface area contributed by atoms with Crippen molar-refractivity contribution in [2.75, 3.05) is 93.5 Å². The number of aromatic nitrogens is 2. The lowest BCUT2D eigenvalue weighted by Gasteiger charge is -2.08. The smallest absolute Gasteiger partial charge is 0.167 e. The van der Waals surface area contributed by atoms with Gasteiger partial charge in [0.1, 0.15) is 36.1 Å². The van der Waals surface area contributed by atoms with Gasteiger partial charge in [-0.1, -0.05) is 16.2 Å². The molecule has 0 saturated carbocycles. The highest BCUT2D eigenvalue weighted by atomic mass is 16.6. The van der Waals surface area contributed by atoms with E-state index in [-0.39, 0.29) is 0 Å². The minimum Gasteiger partial charge on any atom is -0.491 e. The fraction of sp³-hybridized carbons (Fsp3) is 0.350. The molecule has 0 spiro atoms. The Morgan fingerprint density at radius 1 is 0.481 bits per heavy atom. The molecule has 0 aliphatic rings. The number of methoxy groups -OCH3 is 2. The predicted molar refractivity (Wildman–Crippen MR) is 194 cm³/mol. The maximum Gasteiger partial charge on any atom is 0.167 e. The Kier molecular flexibility index (Phi) is 15.7. The average molecular weight is 713 g/mol. The SMILES string of the molecule is C#Cc1cc(-c2cc(-c3ccc(OCCOCCOCCOC)cc3)no2)cc(-c2cc(-c3ccc(OCCOCCOCCOC)cc3)no2)c1. The highest BCUT2D eigenvalue weighted by Gasteiger charge is 2.15. The number of ether oxygens (including phenoxy) is 8. The van der Waals surface area contributed by atoms with E-state index >= 15 is 0 Å². The molecule has 0 aliphatic heterocycles. The van der Waals surface area contributed by atoms with E-state index in [9.17, 15) is 0 Å². The molecule has 0 bridgehead atoms. The van der Waals surface area contributed by atoms with E-state index in [4.69, 9.17) is 53.4 Å². The van der Waals surface area contributed by atoms with Gasteiger partial charge in [-0.15, -0.1) is 6.42 Å². The Balaban J connectivity index is 1.13. The second-order valence-electron chi connectivity index (χ2n) is 11.3. The van der Waals surface area contributed by atoms with Crippen molar-refractivity contribution in [3.05, 3.63) is 84.4 Å². The average Bonchev–Trinajstić information content (AvgIpc) is 3.89. The van der Waals surface area contributed by atoms with E-state index in [0.717, 1.165) is 33.8 Å². The summed E-state index contributed by atoms with van der Waals surface area (Å²) in [5, 5.41) is 8.60. The summed E-state index contributed by atoms with van der Waals surface area (Å²) >= 11 is 0. The van der Waals surface area contributed by atoms with Gasteiger partial charge in [0, 0.05) is 54.2 Å². The maximum absolute atomic E-state index is 5.82. The van der Waals surface area contributed by atoms with Gasteiger partial charge in [0.2, 0.25) is 0 Å². The molecule has 0 radical (unpaired) electrons. The summed E-state index contributed by atoms with van der Waals surface area (Å²) in [6.45, 7) is 6.07. The van der Waals surface area contributed by atoms with Gasteiger partial charge >= 0.3 is 0 Å². The lowest BCUT2D eigenvalue weighted by Crippen LogP contribution is -2.12. The predicted octanol–water partition coefficient (Wildman–Crippen LogP) is 6.43. The van der Waals surface area contributed by atoms with Crippen LogP contribution in [0, 0.1) is 12.3 Å². The van der Waals surface area contributed by atoms with E-state index in [0.29, 0.717) is 108 Å². The third kappa shape index (κ3) is 12.1. The van der Waals surface area contributed by atoms with E-state index in [1.54, 1.807) is 14.2 Å². The molecule has 12 heteroatoms. The first-order chi connectivity index (χ1) is 25.7. The van der Waals surface area contributed by atoms with Gasteiger partial charge in [-0.05, 0) is 66.7 Å². The summed E-state index contributed by atoms with van der Waals surface area (Å²) in [7, 11) is 3.28. The Hall–Kier alpha value is -5.00. The van der Waals surface area contributed by atoms with Crippen molar-refractivity contribution in [1.29, 1.82) is 0 Å². The van der Waals surface area contributed by atoms with Crippen LogP contribution in [0.5, 0.6) is 11.5 Å². The topological polar surface area (TPSA) is 126 Å². The minimum atomic E-state index is 0.428. The number of hydrogen-bond donors (Lipinski definition) is 0. The molecule has 0 N–H and O–H groups in total. The van der Waals surface area contributed by atoms with Crippen molar-refractivity contribution in [3.63, 3.8) is 0 Å². The lowest BCUT2D eigenvalue weighted by atomic mass is 10.0. The molecule has 2 aromatic heterocycles. The third-order valence-corrected chi connectivity index (χ3v) is 7.59. The van der Waals surface area contributed by atoms with Crippen LogP contribution in [0.2, 0.25) is 0 Å². The van der Waals surface area contributed by atoms with Crippen molar-refractivity contribution >= 4 is 0 Å². The van der Waals surface area contributed by atoms with Crippen molar-refractivity contribution in [2.45, 2.75) is 0 Å². The quantitative estimate of drug-likeness (QED) is 0.0517. The van der Waals surface area contributed by atoms with Crippen molar-refractivity contribution in [2.24, 2.45) is 0 Å². The fourth-order valence-corrected chi connectivity index (χ4v) is 4.90. The first-order valence-corrected chi connectivity index (χ1v) is 17.0. The third-order valence-electron chi connectivity index (χ3n) is 7.59. The number of rotatable bonds is 24. The van der Waals surface area contributed by atoms with Crippen LogP contribution in [-0.4, -0.2) is 104 Å². The van der Waals surface area contributed by atoms with Crippen molar-refractivity contribution < 1.29 is 46.9 Å². The number of nitrogens with zero attached hydrogens (tertiary/aromatic N) is 2. The van der Waals surface area contributed by atoms with Crippen LogP contribution >= 0.6 is 0 Å². The highest BCUT2D eigenvalue weighted by Crippen LogP contribution is 2.33. The van der Waals surface area contributed by atoms with Crippen molar-refractivity contribution in [3.8, 4) is 69.0 Å². The standard InChI is InChI=1S/C40H44N2O10/c1-4-30-25-33(39-28-37(41-51-39)31-5-9-35(10-6-31)49-23-21-47-19-17-45-15-13-43-2)27-34(26-30)40-29-38(42-52-40)32-7-11-36(12-8-32)50-24-22-48-20-18-46-16-14-44-3/h1,5-12,25-29H,13-24H2,2-3H3. The van der Waals surface area contributed by atoms with Crippen LogP contribution in [0.4, 0.5) is 0 Å². The van der Waals surface area contributed by atoms with Gasteiger partial charge in [-0.25, -0.2) is 0 Å². The Morgan fingerprint density at radius 2 is 0.865 bits per heavy atom. The summed E-state index contributed by atoms with van der Waals surface area (Å²) in [6.07, 6.45) is 5.82. The van der Waals surface area contributed by atoms with Crippen LogP contribution in [0.3, 0.4) is 0 Å². The fourth-order valence-electron chi connectivity index (χ4n) is 4.90. The van der Waals surface area contributed by atoms with Gasteiger partial charge in [0.15, 0.2) is 11.5 Å². The molecule has 0 unspecified atom stereocenters. The molecule has 0 saturated heterocycles. The lowest BCUT2D eigenvalue weighted by molar-refractivity contribution is 0.0180. The van der Waals surface area contributed by atoms with E-state index in [2.05, 4.69) is 16.2 Å². The largest absolute Gasteiger partial charge is 0.491 e. The van der Waals surface area contributed by atoms with Gasteiger partial charge in [-0.2, -0.15) is 0 Å². The van der Waals surface area contributed by atoms with E-state index < -0.39 is 0 Å². The first-order valence-electron chi connectivity index (χ1n) is 17.0. The highest BCUT2D eigenvalue weighted by molar-refractivity contribution is 5.75. The molecule has 0 atom stereocenters. The zero-order valence-electron chi connectivity index (χ0n) is 29.5. The van der Waals surface area contributed by atoms with Crippen LogP contribution in [0.1, 0.15) is 5.56 Å². The number of terminal acetylenes is 1. The molecular formula is C40H44N2O10. The second kappa shape index (κ2) is 21.4. The molecule has 12 nitrogen and oxygen atoms in total. The zero-order valence-corrected chi connectivity index (χ0v) is 29.5. The molecule has 0 amide bonds. The molecule has 0 fully saturated rings. The van der Waals surface area contributed by atoms with Crippen LogP contribution in [0.15, 0.2) is 87.9 Å². The summed E-state index contributed by atoms with van der Waals surface area (Å²) < 4.78 is 54.8. The summed E-state index contributed by atoms with van der Waals surface area (Å²) in [5.41, 5.74) is 5.29. The molecule has 0 aliphatic carbocycles. The normalized spacial score (nSPS) is 11.1.